The molecule has 1 atom stereocenters. The van der Waals surface area contributed by atoms with E-state index in [1.165, 1.54) is 3.97 Å². The summed E-state index contributed by atoms with van der Waals surface area (Å²) >= 11 is 1.61. The summed E-state index contributed by atoms with van der Waals surface area (Å²) in [4.78, 5) is 5.60. The Morgan fingerprint density at radius 2 is 1.64 bits per heavy atom. The summed E-state index contributed by atoms with van der Waals surface area (Å²) in [5.41, 5.74) is -0.630. The maximum absolute atomic E-state index is 13.9. The van der Waals surface area contributed by atoms with Crippen LogP contribution >= 0.6 is 11.8 Å². The van der Waals surface area contributed by atoms with Gasteiger partial charge in [0.15, 0.2) is 5.65 Å². The van der Waals surface area contributed by atoms with Crippen molar-refractivity contribution in [2.24, 2.45) is 5.41 Å². The summed E-state index contributed by atoms with van der Waals surface area (Å²) in [7, 11) is -4.02. The Morgan fingerprint density at radius 1 is 0.970 bits per heavy atom. The van der Waals surface area contributed by atoms with Crippen molar-refractivity contribution in [1.29, 1.82) is 0 Å². The van der Waals surface area contributed by atoms with Crippen molar-refractivity contribution in [3.63, 3.8) is 0 Å². The van der Waals surface area contributed by atoms with Crippen molar-refractivity contribution in [2.45, 2.75) is 42.6 Å². The molecule has 0 saturated heterocycles. The number of fused-ring (bicyclic) bond motifs is 1. The summed E-state index contributed by atoms with van der Waals surface area (Å²) in [5, 5.41) is 13.0. The van der Waals surface area contributed by atoms with Crippen LogP contribution in [0.5, 0.6) is 0 Å². The van der Waals surface area contributed by atoms with Crippen molar-refractivity contribution in [1.82, 2.24) is 8.96 Å². The number of aliphatic hydroxyl groups is 1. The van der Waals surface area contributed by atoms with Gasteiger partial charge < -0.3 is 5.11 Å². The first-order valence-electron chi connectivity index (χ1n) is 10.7. The number of aromatic nitrogens is 2. The van der Waals surface area contributed by atoms with Crippen LogP contribution in [0.25, 0.3) is 11.0 Å². The highest BCUT2D eigenvalue weighted by Gasteiger charge is 2.41. The van der Waals surface area contributed by atoms with Gasteiger partial charge in [0, 0.05) is 16.5 Å². The predicted molar refractivity (Wildman–Crippen MR) is 134 cm³/mol. The third kappa shape index (κ3) is 4.45. The molecule has 0 saturated carbocycles. The van der Waals surface area contributed by atoms with Crippen LogP contribution in [0.3, 0.4) is 0 Å². The van der Waals surface area contributed by atoms with Crippen LogP contribution in [0.1, 0.15) is 38.4 Å². The minimum absolute atomic E-state index is 0.144. The van der Waals surface area contributed by atoms with E-state index in [1.807, 2.05) is 57.4 Å². The molecule has 0 spiro atoms. The third-order valence-corrected chi connectivity index (χ3v) is 8.04. The molecular formula is C26H28N2O3S2. The molecule has 1 N–H and O–H groups in total. The van der Waals surface area contributed by atoms with Gasteiger partial charge >= 0.3 is 0 Å². The van der Waals surface area contributed by atoms with E-state index in [0.29, 0.717) is 23.0 Å². The molecule has 2 heterocycles. The molecule has 2 aromatic carbocycles. The maximum atomic E-state index is 13.9. The minimum Gasteiger partial charge on any atom is -0.379 e. The second kappa shape index (κ2) is 8.63. The van der Waals surface area contributed by atoms with Gasteiger partial charge in [-0.2, -0.15) is 0 Å². The smallest absolute Gasteiger partial charge is 0.269 e. The molecule has 4 rings (SSSR count). The van der Waals surface area contributed by atoms with Crippen LogP contribution in [0.15, 0.2) is 88.8 Å². The molecule has 4 aromatic rings. The average molecular weight is 481 g/mol. The third-order valence-electron chi connectivity index (χ3n) is 5.58. The molecule has 0 fully saturated rings. The lowest BCUT2D eigenvalue weighted by molar-refractivity contribution is 0.0317. The van der Waals surface area contributed by atoms with Crippen molar-refractivity contribution < 1.29 is 13.5 Å². The van der Waals surface area contributed by atoms with Crippen LogP contribution < -0.4 is 0 Å². The standard InChI is InChI=1S/C26H28N2O3S2/c1-25(2,3)18-26(29,20-12-14-21(32-4)15-13-20)23-17-19-9-8-16-27-24(19)28(23)33(30,31)22-10-6-5-7-11-22/h5-17,29H,18H2,1-4H3. The quantitative estimate of drug-likeness (QED) is 0.360. The first-order chi connectivity index (χ1) is 15.6. The first kappa shape index (κ1) is 23.5. The molecule has 0 aliphatic heterocycles. The lowest BCUT2D eigenvalue weighted by Gasteiger charge is -2.35. The summed E-state index contributed by atoms with van der Waals surface area (Å²) in [6.07, 6.45) is 3.88. The van der Waals surface area contributed by atoms with E-state index in [0.717, 1.165) is 4.90 Å². The van der Waals surface area contributed by atoms with Crippen LogP contribution in [0.4, 0.5) is 0 Å². The lowest BCUT2D eigenvalue weighted by Crippen LogP contribution is -2.36. The summed E-state index contributed by atoms with van der Waals surface area (Å²) in [6.45, 7) is 6.10. The molecule has 0 radical (unpaired) electrons. The van der Waals surface area contributed by atoms with Gasteiger partial charge in [-0.15, -0.1) is 11.8 Å². The number of benzene rings is 2. The van der Waals surface area contributed by atoms with Gasteiger partial charge in [-0.3, -0.25) is 0 Å². The van der Waals surface area contributed by atoms with Crippen LogP contribution in [0.2, 0.25) is 0 Å². The van der Waals surface area contributed by atoms with Crippen molar-refractivity contribution >= 4 is 32.8 Å². The first-order valence-corrected chi connectivity index (χ1v) is 13.4. The number of hydrogen-bond acceptors (Lipinski definition) is 5. The molecule has 0 aliphatic carbocycles. The van der Waals surface area contributed by atoms with Gasteiger partial charge in [-0.1, -0.05) is 51.1 Å². The topological polar surface area (TPSA) is 72.2 Å². The Kier molecular flexibility index (Phi) is 6.16. The van der Waals surface area contributed by atoms with E-state index >= 15 is 0 Å². The summed E-state index contributed by atoms with van der Waals surface area (Å²) in [5.74, 6) is 0. The van der Waals surface area contributed by atoms with E-state index in [4.69, 9.17) is 0 Å². The number of hydrogen-bond donors (Lipinski definition) is 1. The summed E-state index contributed by atoms with van der Waals surface area (Å²) in [6, 6.07) is 21.3. The van der Waals surface area contributed by atoms with E-state index < -0.39 is 15.6 Å². The normalized spacial score (nSPS) is 14.3. The highest BCUT2D eigenvalue weighted by molar-refractivity contribution is 7.98. The largest absolute Gasteiger partial charge is 0.379 e. The van der Waals surface area contributed by atoms with E-state index in [9.17, 15) is 13.5 Å². The van der Waals surface area contributed by atoms with Crippen LogP contribution in [-0.2, 0) is 15.6 Å². The fraction of sp³-hybridized carbons (Fsp3) is 0.269. The number of pyridine rings is 1. The van der Waals surface area contributed by atoms with Gasteiger partial charge in [0.25, 0.3) is 10.0 Å². The Hall–Kier alpha value is -2.61. The maximum Gasteiger partial charge on any atom is 0.269 e. The molecule has 0 aliphatic rings. The van der Waals surface area contributed by atoms with Gasteiger partial charge in [0.1, 0.15) is 5.60 Å². The summed E-state index contributed by atoms with van der Waals surface area (Å²) < 4.78 is 29.0. The number of nitrogens with zero attached hydrogens (tertiary/aromatic N) is 2. The Morgan fingerprint density at radius 3 is 2.24 bits per heavy atom. The van der Waals surface area contributed by atoms with E-state index in [1.54, 1.807) is 60.4 Å². The number of rotatable bonds is 6. The van der Waals surface area contributed by atoms with Gasteiger partial charge in [-0.05, 0) is 66.1 Å². The predicted octanol–water partition coefficient (Wildman–Crippen LogP) is 5.67. The molecule has 0 bridgehead atoms. The van der Waals surface area contributed by atoms with Crippen molar-refractivity contribution in [3.8, 4) is 0 Å². The highest BCUT2D eigenvalue weighted by Crippen LogP contribution is 2.43. The Labute approximate surface area is 199 Å². The molecule has 7 heteroatoms. The zero-order chi connectivity index (χ0) is 23.9. The lowest BCUT2D eigenvalue weighted by atomic mass is 9.76. The monoisotopic (exact) mass is 480 g/mol. The highest BCUT2D eigenvalue weighted by atomic mass is 32.2. The zero-order valence-corrected chi connectivity index (χ0v) is 20.8. The number of thioether (sulfide) groups is 1. The van der Waals surface area contributed by atoms with Crippen LogP contribution in [-0.4, -0.2) is 28.7 Å². The van der Waals surface area contributed by atoms with Gasteiger partial charge in [0.05, 0.1) is 10.6 Å². The average Bonchev–Trinajstić information content (AvgIpc) is 3.20. The molecular weight excluding hydrogens is 452 g/mol. The second-order valence-corrected chi connectivity index (χ2v) is 12.0. The fourth-order valence-electron chi connectivity index (χ4n) is 4.22. The van der Waals surface area contributed by atoms with Crippen LogP contribution in [0, 0.1) is 5.41 Å². The Balaban J connectivity index is 2.06. The SMILES string of the molecule is CSc1ccc(C(O)(CC(C)(C)C)c2cc3cccnc3n2S(=O)(=O)c2ccccc2)cc1. The van der Waals surface area contributed by atoms with E-state index in [-0.39, 0.29) is 16.0 Å². The molecule has 172 valence electrons. The van der Waals surface area contributed by atoms with Gasteiger partial charge in [-0.25, -0.2) is 17.4 Å². The Bertz CT molecular complexity index is 1370. The fourth-order valence-corrected chi connectivity index (χ4v) is 6.18. The zero-order valence-electron chi connectivity index (χ0n) is 19.2. The van der Waals surface area contributed by atoms with Gasteiger partial charge in [0.2, 0.25) is 0 Å². The molecule has 5 nitrogen and oxygen atoms in total. The molecule has 33 heavy (non-hydrogen) atoms. The second-order valence-electron chi connectivity index (χ2n) is 9.35. The van der Waals surface area contributed by atoms with E-state index in [2.05, 4.69) is 4.98 Å². The molecule has 2 aromatic heterocycles. The molecule has 0 amide bonds. The van der Waals surface area contributed by atoms with Crippen molar-refractivity contribution in [2.75, 3.05) is 6.26 Å². The van der Waals surface area contributed by atoms with Crippen molar-refractivity contribution in [3.05, 3.63) is 90.3 Å². The minimum atomic E-state index is -4.02. The molecule has 1 unspecified atom stereocenters.